The maximum atomic E-state index is 15.9. The van der Waals surface area contributed by atoms with E-state index in [1.807, 2.05) is 47.6 Å². The molecular formula is C36H45F3N4O2SiZn. The van der Waals surface area contributed by atoms with E-state index in [2.05, 4.69) is 0 Å². The second-order valence-corrected chi connectivity index (χ2v) is 18.5. The van der Waals surface area contributed by atoms with E-state index in [1.165, 1.54) is 6.07 Å². The minimum Gasteiger partial charge on any atom is -0.657 e. The normalized spacial score (nSPS) is 23.2. The van der Waals surface area contributed by atoms with Crippen molar-refractivity contribution >= 4 is 36.2 Å². The fourth-order valence-corrected chi connectivity index (χ4v) is 8.57. The van der Waals surface area contributed by atoms with Crippen LogP contribution in [0.3, 0.4) is 0 Å². The number of fused-ring (bicyclic) bond motifs is 8. The Labute approximate surface area is 289 Å². The van der Waals surface area contributed by atoms with Gasteiger partial charge in [0.25, 0.3) is 0 Å². The molecule has 0 N–H and O–H groups in total. The summed E-state index contributed by atoms with van der Waals surface area (Å²) in [4.78, 5) is 33.3. The third-order valence-corrected chi connectivity index (χ3v) is 11.3. The van der Waals surface area contributed by atoms with Gasteiger partial charge in [0, 0.05) is 5.69 Å². The maximum Gasteiger partial charge on any atom is 2.00 e. The van der Waals surface area contributed by atoms with Crippen molar-refractivity contribution in [1.82, 2.24) is 19.9 Å². The van der Waals surface area contributed by atoms with Crippen molar-refractivity contribution in [3.63, 3.8) is 0 Å². The van der Waals surface area contributed by atoms with Crippen LogP contribution in [-0.2, 0) is 53.2 Å². The summed E-state index contributed by atoms with van der Waals surface area (Å²) in [6, 6.07) is 6.72. The number of halogens is 3. The summed E-state index contributed by atoms with van der Waals surface area (Å²) in [6.45, 7) is 20.3. The van der Waals surface area contributed by atoms with Gasteiger partial charge in [-0.25, -0.2) is 4.98 Å². The molecule has 2 aliphatic heterocycles. The van der Waals surface area contributed by atoms with E-state index in [4.69, 9.17) is 24.4 Å². The minimum absolute atomic E-state index is 0. The zero-order valence-corrected chi connectivity index (χ0v) is 33.6. The molecule has 3 unspecified atom stereocenters. The van der Waals surface area contributed by atoms with Crippen LogP contribution in [0.1, 0.15) is 104 Å². The Kier molecular flexibility index (Phi) is 9.79. The predicted octanol–water partition coefficient (Wildman–Crippen LogP) is 8.84. The molecule has 3 atom stereocenters. The second kappa shape index (κ2) is 12.4. The number of ketones is 1. The van der Waals surface area contributed by atoms with Crippen LogP contribution in [0.15, 0.2) is 24.3 Å². The molecule has 0 radical (unpaired) electrons. The van der Waals surface area contributed by atoms with E-state index >= 15 is 13.2 Å². The van der Waals surface area contributed by atoms with Gasteiger partial charge in [-0.15, -0.1) is 22.1 Å². The first-order chi connectivity index (χ1) is 21.3. The molecule has 2 aliphatic rings. The van der Waals surface area contributed by atoms with Gasteiger partial charge in [0.2, 0.25) is 5.60 Å². The Morgan fingerprint density at radius 3 is 1.70 bits per heavy atom. The van der Waals surface area contributed by atoms with Gasteiger partial charge >= 0.3 is 25.7 Å². The standard InChI is InChI=1S/C36H46F3N4O2Si.Zn/c1-12-22-20(5)25-18-31-35(36(37,38)39,45-46(9,10)11)34(8,15-4)30(43-31)19-27-23(13-2)21(6)24(41-27)17-29-33(7,14-3)32(44)28(42-29)16-26(22)40-25;/h16-19H,12-15H2,1-11H3,(H-,40,41,42,43,44);/q-1;+2/p-1. The summed E-state index contributed by atoms with van der Waals surface area (Å²) in [7, 11) is -2.83. The van der Waals surface area contributed by atoms with Crippen molar-refractivity contribution in [2.45, 2.75) is 123 Å². The number of carbonyl (C=O) groups excluding carboxylic acids is 1. The Hall–Kier alpha value is -2.62. The number of Topliss-reactive ketones (excluding diaryl/α,β-unsaturated/α-hetero) is 1. The van der Waals surface area contributed by atoms with Crippen LogP contribution < -0.4 is 9.97 Å². The molecule has 0 saturated heterocycles. The summed E-state index contributed by atoms with van der Waals surface area (Å²) in [5, 5.41) is 0. The molecule has 6 nitrogen and oxygen atoms in total. The van der Waals surface area contributed by atoms with Crippen molar-refractivity contribution < 1.29 is 41.9 Å². The predicted molar refractivity (Wildman–Crippen MR) is 179 cm³/mol. The average molecular weight is 716 g/mol. The largest absolute Gasteiger partial charge is 2.00 e. The molecule has 11 heteroatoms. The second-order valence-electron chi connectivity index (χ2n) is 14.1. The average Bonchev–Trinajstić information content (AvgIpc) is 3.59. The molecule has 248 valence electrons. The van der Waals surface area contributed by atoms with Gasteiger partial charge in [0.05, 0.1) is 22.2 Å². The third kappa shape index (κ3) is 5.58. The van der Waals surface area contributed by atoms with Gasteiger partial charge in [0.1, 0.15) is 5.69 Å². The third-order valence-electron chi connectivity index (χ3n) is 10.3. The van der Waals surface area contributed by atoms with Crippen molar-refractivity contribution in [2.75, 3.05) is 0 Å². The van der Waals surface area contributed by atoms with E-state index in [1.54, 1.807) is 45.6 Å². The summed E-state index contributed by atoms with van der Waals surface area (Å²) in [5.41, 5.74) is 1.40. The Morgan fingerprint density at radius 2 is 1.26 bits per heavy atom. The van der Waals surface area contributed by atoms with Crippen LogP contribution in [0, 0.1) is 13.8 Å². The zero-order valence-electron chi connectivity index (χ0n) is 29.6. The van der Waals surface area contributed by atoms with Gasteiger partial charge in [0.15, 0.2) is 14.1 Å². The number of hydrogen-bond donors (Lipinski definition) is 0. The number of aryl methyl sites for hydroxylation is 4. The molecule has 5 rings (SSSR count). The van der Waals surface area contributed by atoms with Crippen LogP contribution in [0.2, 0.25) is 19.6 Å². The minimum atomic E-state index is -4.79. The summed E-state index contributed by atoms with van der Waals surface area (Å²) in [6.07, 6.45) is -2.92. The number of hydrogen-bond acceptors (Lipinski definition) is 4. The van der Waals surface area contributed by atoms with Gasteiger partial charge in [-0.2, -0.15) is 13.2 Å². The molecule has 3 aromatic heterocycles. The Morgan fingerprint density at radius 1 is 0.766 bits per heavy atom. The van der Waals surface area contributed by atoms with Gasteiger partial charge < -0.3 is 14.4 Å². The molecule has 47 heavy (non-hydrogen) atoms. The Bertz CT molecular complexity index is 1890. The molecule has 0 fully saturated rings. The summed E-state index contributed by atoms with van der Waals surface area (Å²) >= 11 is 0. The molecule has 5 heterocycles. The molecule has 0 aromatic carbocycles. The zero-order chi connectivity index (χ0) is 34.2. The van der Waals surface area contributed by atoms with E-state index < -0.39 is 30.9 Å². The maximum absolute atomic E-state index is 15.9. The van der Waals surface area contributed by atoms with Crippen molar-refractivity contribution in [1.29, 1.82) is 0 Å². The quantitative estimate of drug-likeness (QED) is 0.237. The smallest absolute Gasteiger partial charge is 0.657 e. The first-order valence-corrected chi connectivity index (χ1v) is 19.7. The van der Waals surface area contributed by atoms with E-state index in [9.17, 15) is 4.79 Å². The van der Waals surface area contributed by atoms with E-state index in [-0.39, 0.29) is 48.8 Å². The summed E-state index contributed by atoms with van der Waals surface area (Å²) < 4.78 is 53.9. The molecule has 3 aromatic rings. The SMILES string of the molecule is CCc1c(C)c2cc3nc(cc4[n-]c(cc5nc(cc1[n-]2)C(=O)C5(C)CC)c(C)c4CC)C(C)(CC)C3(O[Si](C)(C)C)C(F)(F)F.[Zn+2]. The topological polar surface area (TPSA) is 80.3 Å². The molecular weight excluding hydrogens is 671 g/mol. The molecule has 0 amide bonds. The van der Waals surface area contributed by atoms with Crippen molar-refractivity contribution in [3.05, 3.63) is 69.3 Å². The first-order valence-electron chi connectivity index (χ1n) is 16.3. The fourth-order valence-electron chi connectivity index (χ4n) is 7.21. The first kappa shape index (κ1) is 37.2. The molecule has 0 spiro atoms. The molecule has 0 aliphatic carbocycles. The van der Waals surface area contributed by atoms with Crippen LogP contribution in [0.25, 0.3) is 22.1 Å². The number of nitrogens with zero attached hydrogens (tertiary/aromatic N) is 4. The molecule has 8 bridgehead atoms. The van der Waals surface area contributed by atoms with Gasteiger partial charge in [-0.05, 0) is 72.2 Å². The van der Waals surface area contributed by atoms with Crippen LogP contribution in [0.4, 0.5) is 13.2 Å². The van der Waals surface area contributed by atoms with Crippen LogP contribution in [-0.4, -0.2) is 30.2 Å². The number of alkyl halides is 3. The van der Waals surface area contributed by atoms with Crippen molar-refractivity contribution in [3.8, 4) is 0 Å². The Balaban J connectivity index is 0.00000500. The van der Waals surface area contributed by atoms with Crippen LogP contribution in [0.5, 0.6) is 0 Å². The number of rotatable bonds is 6. The van der Waals surface area contributed by atoms with Gasteiger partial charge in [-0.3, -0.25) is 9.78 Å². The summed E-state index contributed by atoms with van der Waals surface area (Å²) in [5.74, 6) is -0.108. The van der Waals surface area contributed by atoms with Gasteiger partial charge in [-0.1, -0.05) is 75.1 Å². The molecule has 0 saturated carbocycles. The number of carbonyl (C=O) groups is 1. The fraction of sp³-hybridized carbons (Fsp3) is 0.528. The monoisotopic (exact) mass is 714 g/mol. The number of aromatic nitrogens is 4. The van der Waals surface area contributed by atoms with Crippen LogP contribution >= 0.6 is 0 Å². The van der Waals surface area contributed by atoms with E-state index in [0.29, 0.717) is 47.0 Å². The van der Waals surface area contributed by atoms with E-state index in [0.717, 1.165) is 22.3 Å². The van der Waals surface area contributed by atoms with Crippen molar-refractivity contribution in [2.24, 2.45) is 0 Å².